The summed E-state index contributed by atoms with van der Waals surface area (Å²) in [5, 5.41) is 21.6. The first-order chi connectivity index (χ1) is 12.0. The van der Waals surface area contributed by atoms with E-state index >= 15 is 0 Å². The maximum absolute atomic E-state index is 12.1. The number of hydrogen-bond acceptors (Lipinski definition) is 7. The molecule has 3 atom stereocenters. The summed E-state index contributed by atoms with van der Waals surface area (Å²) in [5.41, 5.74) is -0.187. The molecule has 10 heteroatoms. The first-order valence-corrected chi connectivity index (χ1v) is 7.85. The maximum Gasteiger partial charge on any atom is 0.280 e. The molecule has 1 aliphatic heterocycles. The first kappa shape index (κ1) is 17.3. The lowest BCUT2D eigenvalue weighted by Crippen LogP contribution is -2.24. The molecule has 10 nitrogen and oxygen atoms in total. The van der Waals surface area contributed by atoms with Crippen LogP contribution in [0, 0.1) is 0 Å². The third kappa shape index (κ3) is 3.45. The van der Waals surface area contributed by atoms with Crippen LogP contribution in [0.1, 0.15) is 25.5 Å². The quantitative estimate of drug-likeness (QED) is 0.523. The Kier molecular flexibility index (Phi) is 4.93. The summed E-state index contributed by atoms with van der Waals surface area (Å²) >= 11 is 0. The molecule has 0 bridgehead atoms. The number of nitrogens with zero attached hydrogens (tertiary/aromatic N) is 3. The fourth-order valence-electron chi connectivity index (χ4n) is 2.67. The van der Waals surface area contributed by atoms with E-state index in [4.69, 9.17) is 4.74 Å². The number of hydrogen-bond donors (Lipinski definition) is 4. The Labute approximate surface area is 142 Å². The summed E-state index contributed by atoms with van der Waals surface area (Å²) in [7, 11) is 0. The van der Waals surface area contributed by atoms with Crippen LogP contribution in [0.25, 0.3) is 11.2 Å². The molecule has 0 saturated carbocycles. The molecule has 0 unspecified atom stereocenters. The molecule has 0 spiro atoms. The molecule has 2 aromatic rings. The zero-order valence-corrected chi connectivity index (χ0v) is 13.4. The number of fused-ring (bicyclic) bond motifs is 1. The van der Waals surface area contributed by atoms with E-state index in [0.29, 0.717) is 6.42 Å². The van der Waals surface area contributed by atoms with Crippen LogP contribution < -0.4 is 10.9 Å². The number of aromatic nitrogens is 4. The molecule has 3 rings (SSSR count). The van der Waals surface area contributed by atoms with Gasteiger partial charge in [0.2, 0.25) is 11.9 Å². The van der Waals surface area contributed by atoms with Gasteiger partial charge in [0.15, 0.2) is 11.2 Å². The van der Waals surface area contributed by atoms with E-state index < -0.39 is 24.0 Å². The zero-order chi connectivity index (χ0) is 18.0. The minimum absolute atomic E-state index is 0.00515. The van der Waals surface area contributed by atoms with Crippen LogP contribution in [0.4, 0.5) is 5.95 Å². The second-order valence-electron chi connectivity index (χ2n) is 5.73. The van der Waals surface area contributed by atoms with Crippen molar-refractivity contribution in [1.82, 2.24) is 19.5 Å². The smallest absolute Gasteiger partial charge is 0.280 e. The number of aromatic amines is 1. The van der Waals surface area contributed by atoms with Gasteiger partial charge in [-0.3, -0.25) is 24.5 Å². The third-order valence-corrected chi connectivity index (χ3v) is 3.96. The van der Waals surface area contributed by atoms with E-state index in [-0.39, 0.29) is 42.5 Å². The topological polar surface area (TPSA) is 142 Å². The van der Waals surface area contributed by atoms with Crippen LogP contribution in [0.15, 0.2) is 23.8 Å². The Morgan fingerprint density at radius 2 is 2.40 bits per heavy atom. The van der Waals surface area contributed by atoms with Gasteiger partial charge in [-0.1, -0.05) is 6.08 Å². The Morgan fingerprint density at radius 3 is 3.08 bits per heavy atom. The van der Waals surface area contributed by atoms with Crippen molar-refractivity contribution in [1.29, 1.82) is 0 Å². The molecule has 134 valence electrons. The highest BCUT2D eigenvalue weighted by Crippen LogP contribution is 2.30. The number of amides is 1. The van der Waals surface area contributed by atoms with Crippen molar-refractivity contribution in [3.05, 3.63) is 29.3 Å². The molecule has 1 aliphatic rings. The number of allylic oxidation sites excluding steroid dienone is 1. The predicted molar refractivity (Wildman–Crippen MR) is 87.8 cm³/mol. The predicted octanol–water partition coefficient (Wildman–Crippen LogP) is -0.335. The molecule has 1 amide bonds. The van der Waals surface area contributed by atoms with Crippen LogP contribution in [-0.2, 0) is 9.53 Å². The van der Waals surface area contributed by atoms with Crippen molar-refractivity contribution in [3.8, 4) is 0 Å². The highest BCUT2D eigenvalue weighted by Gasteiger charge is 2.35. The molecule has 1 fully saturated rings. The van der Waals surface area contributed by atoms with Crippen LogP contribution in [0.3, 0.4) is 0 Å². The normalized spacial score (nSPS) is 23.0. The summed E-state index contributed by atoms with van der Waals surface area (Å²) < 4.78 is 7.06. The Morgan fingerprint density at radius 1 is 1.60 bits per heavy atom. The van der Waals surface area contributed by atoms with Gasteiger partial charge >= 0.3 is 0 Å². The highest BCUT2D eigenvalue weighted by atomic mass is 16.5. The van der Waals surface area contributed by atoms with Gasteiger partial charge in [0.05, 0.1) is 19.0 Å². The van der Waals surface area contributed by atoms with Gasteiger partial charge in [-0.15, -0.1) is 6.58 Å². The number of aliphatic hydroxyl groups is 2. The molecule has 3 heterocycles. The maximum atomic E-state index is 12.1. The second-order valence-corrected chi connectivity index (χ2v) is 5.73. The van der Waals surface area contributed by atoms with E-state index in [9.17, 15) is 19.8 Å². The highest BCUT2D eigenvalue weighted by molar-refractivity contribution is 5.89. The summed E-state index contributed by atoms with van der Waals surface area (Å²) in [4.78, 5) is 34.6. The summed E-state index contributed by atoms with van der Waals surface area (Å²) in [6.07, 6.45) is 1.81. The van der Waals surface area contributed by atoms with Gasteiger partial charge in [-0.05, 0) is 6.42 Å². The number of aliphatic hydroxyl groups excluding tert-OH is 2. The van der Waals surface area contributed by atoms with Crippen LogP contribution in [0.5, 0.6) is 0 Å². The minimum Gasteiger partial charge on any atom is -0.394 e. The monoisotopic (exact) mass is 349 g/mol. The average molecular weight is 349 g/mol. The number of anilines is 1. The number of ether oxygens (including phenoxy) is 1. The largest absolute Gasteiger partial charge is 0.394 e. The number of nitrogens with one attached hydrogen (secondary N) is 2. The van der Waals surface area contributed by atoms with E-state index in [1.807, 2.05) is 0 Å². The number of rotatable bonds is 6. The van der Waals surface area contributed by atoms with E-state index in [1.54, 1.807) is 6.08 Å². The second kappa shape index (κ2) is 7.13. The van der Waals surface area contributed by atoms with Gasteiger partial charge in [0.25, 0.3) is 5.56 Å². The summed E-state index contributed by atoms with van der Waals surface area (Å²) in [5.74, 6) is -0.299. The van der Waals surface area contributed by atoms with Crippen LogP contribution in [0.2, 0.25) is 0 Å². The van der Waals surface area contributed by atoms with Crippen molar-refractivity contribution >= 4 is 23.0 Å². The lowest BCUT2D eigenvalue weighted by Gasteiger charge is -2.13. The number of imidazole rings is 1. The van der Waals surface area contributed by atoms with Crippen molar-refractivity contribution in [2.45, 2.75) is 37.7 Å². The van der Waals surface area contributed by atoms with Gasteiger partial charge in [0.1, 0.15) is 12.3 Å². The van der Waals surface area contributed by atoms with Crippen molar-refractivity contribution in [3.63, 3.8) is 0 Å². The fourth-order valence-corrected chi connectivity index (χ4v) is 2.67. The van der Waals surface area contributed by atoms with Gasteiger partial charge < -0.3 is 14.9 Å². The molecule has 1 saturated heterocycles. The molecule has 0 aliphatic carbocycles. The fraction of sp³-hybridized carbons (Fsp3) is 0.467. The first-order valence-electron chi connectivity index (χ1n) is 7.85. The van der Waals surface area contributed by atoms with Crippen LogP contribution in [-0.4, -0.2) is 54.5 Å². The molecule has 2 aromatic heterocycles. The lowest BCUT2D eigenvalue weighted by molar-refractivity contribution is -0.116. The van der Waals surface area contributed by atoms with Crippen molar-refractivity contribution in [2.24, 2.45) is 0 Å². The van der Waals surface area contributed by atoms with E-state index in [0.717, 1.165) is 0 Å². The van der Waals surface area contributed by atoms with Gasteiger partial charge in [-0.2, -0.15) is 4.98 Å². The van der Waals surface area contributed by atoms with Gasteiger partial charge in [0, 0.05) is 12.8 Å². The van der Waals surface area contributed by atoms with Crippen molar-refractivity contribution in [2.75, 3.05) is 11.9 Å². The van der Waals surface area contributed by atoms with E-state index in [2.05, 4.69) is 26.8 Å². The van der Waals surface area contributed by atoms with Crippen molar-refractivity contribution < 1.29 is 19.7 Å². The average Bonchev–Trinajstić information content (AvgIpc) is 3.16. The molecule has 0 aromatic carbocycles. The minimum atomic E-state index is -0.826. The molecule has 25 heavy (non-hydrogen) atoms. The number of carbonyl (C=O) groups excluding carboxylic acids is 1. The van der Waals surface area contributed by atoms with Gasteiger partial charge in [-0.25, -0.2) is 4.98 Å². The number of H-pyrrole nitrogens is 1. The zero-order valence-electron chi connectivity index (χ0n) is 13.4. The summed E-state index contributed by atoms with van der Waals surface area (Å²) in [6.45, 7) is 3.23. The standard InChI is InChI=1S/C15H19N5O5/c1-2-3-4-10(23)17-15-18-13-12(14(24)19-15)16-7-20(13)11-5-8(22)9(6-21)25-11/h2,7-9,11,21-22H,1,3-6H2,(H2,17,18,19,23,24)/t8-,9+,11+/m0/s1. The molecule has 0 radical (unpaired) electrons. The Bertz CT molecular complexity index is 844. The number of carbonyl (C=O) groups is 1. The third-order valence-electron chi connectivity index (χ3n) is 3.96. The molecular formula is C15H19N5O5. The lowest BCUT2D eigenvalue weighted by atomic mass is 10.2. The van der Waals surface area contributed by atoms with E-state index in [1.165, 1.54) is 10.9 Å². The Hall–Kier alpha value is -2.56. The Balaban J connectivity index is 1.90. The molecular weight excluding hydrogens is 330 g/mol. The van der Waals surface area contributed by atoms with Crippen LogP contribution >= 0.6 is 0 Å². The SMILES string of the molecule is C=CCCC(=O)Nc1nc2c(ncn2[C@H]2C[C@H](O)[C@@H](CO)O2)c(=O)[nH]1. The molecule has 4 N–H and O–H groups in total. The summed E-state index contributed by atoms with van der Waals surface area (Å²) in [6, 6.07) is 0.